The number of amides is 1. The molecule has 0 aliphatic carbocycles. The Kier molecular flexibility index (Phi) is 5.47. The Morgan fingerprint density at radius 2 is 2.33 bits per heavy atom. The third-order valence-corrected chi connectivity index (χ3v) is 3.61. The fourth-order valence-electron chi connectivity index (χ4n) is 2.68. The zero-order chi connectivity index (χ0) is 12.3. The molecule has 1 amide bonds. The lowest BCUT2D eigenvalue weighted by Crippen LogP contribution is -2.45. The topological polar surface area (TPSA) is 56.1 Å². The highest BCUT2D eigenvalue weighted by molar-refractivity contribution is 5.85. The number of halogens is 1. The average Bonchev–Trinajstić information content (AvgIpc) is 2.96. The van der Waals surface area contributed by atoms with Gasteiger partial charge < -0.3 is 10.2 Å². The Bertz CT molecular complexity index is 385. The van der Waals surface area contributed by atoms with Crippen LogP contribution in [0.15, 0.2) is 0 Å². The predicted octanol–water partition coefficient (Wildman–Crippen LogP) is 0.924. The molecule has 2 heterocycles. The number of rotatable bonds is 2. The molecule has 0 aromatic carbocycles. The lowest BCUT2D eigenvalue weighted by molar-refractivity contribution is -0.133. The molecule has 1 N–H and O–H groups in total. The molecular formula is C13H18ClN3O. The summed E-state index contributed by atoms with van der Waals surface area (Å²) in [5, 5.41) is 12.2. The average molecular weight is 268 g/mol. The molecule has 0 spiro atoms. The van der Waals surface area contributed by atoms with Crippen molar-refractivity contribution in [3.63, 3.8) is 0 Å². The Hall–Kier alpha value is -1.23. The molecule has 2 rings (SSSR count). The summed E-state index contributed by atoms with van der Waals surface area (Å²) in [5.41, 5.74) is 0. The monoisotopic (exact) mass is 267 g/mol. The van der Waals surface area contributed by atoms with Crippen LogP contribution >= 0.6 is 12.4 Å². The van der Waals surface area contributed by atoms with Gasteiger partial charge in [0.15, 0.2) is 0 Å². The van der Waals surface area contributed by atoms with Crippen LogP contribution in [0, 0.1) is 29.6 Å². The van der Waals surface area contributed by atoms with Gasteiger partial charge in [0.1, 0.15) is 6.04 Å². The number of nitrogens with zero attached hydrogens (tertiary/aromatic N) is 2. The van der Waals surface area contributed by atoms with Gasteiger partial charge in [0.25, 0.3) is 0 Å². The van der Waals surface area contributed by atoms with E-state index in [9.17, 15) is 4.79 Å². The third kappa shape index (κ3) is 2.96. The first-order valence-electron chi connectivity index (χ1n) is 6.13. The number of carbonyl (C=O) groups excluding carboxylic acids is 1. The number of likely N-dealkylation sites (tertiary alicyclic amines) is 1. The molecular weight excluding hydrogens is 250 g/mol. The quantitative estimate of drug-likeness (QED) is 0.757. The Balaban J connectivity index is 0.00000162. The molecule has 0 saturated carbocycles. The summed E-state index contributed by atoms with van der Waals surface area (Å²) >= 11 is 0. The van der Waals surface area contributed by atoms with E-state index in [4.69, 9.17) is 11.7 Å². The zero-order valence-electron chi connectivity index (χ0n) is 10.3. The van der Waals surface area contributed by atoms with E-state index >= 15 is 0 Å². The first-order valence-corrected chi connectivity index (χ1v) is 6.13. The van der Waals surface area contributed by atoms with E-state index in [2.05, 4.69) is 17.3 Å². The van der Waals surface area contributed by atoms with E-state index in [1.807, 2.05) is 0 Å². The summed E-state index contributed by atoms with van der Waals surface area (Å²) in [6.45, 7) is 1.53. The highest BCUT2D eigenvalue weighted by Gasteiger charge is 2.36. The Morgan fingerprint density at radius 1 is 1.56 bits per heavy atom. The lowest BCUT2D eigenvalue weighted by Gasteiger charge is -2.23. The molecule has 5 heteroatoms. The maximum absolute atomic E-state index is 12.2. The van der Waals surface area contributed by atoms with E-state index in [1.54, 1.807) is 4.90 Å². The van der Waals surface area contributed by atoms with Gasteiger partial charge in [0, 0.05) is 13.0 Å². The number of hydrogen-bond acceptors (Lipinski definition) is 3. The van der Waals surface area contributed by atoms with Crippen LogP contribution in [0.3, 0.4) is 0 Å². The van der Waals surface area contributed by atoms with Crippen LogP contribution in [0.1, 0.15) is 25.7 Å². The molecule has 0 aromatic heterocycles. The lowest BCUT2D eigenvalue weighted by atomic mass is 10.0. The highest BCUT2D eigenvalue weighted by atomic mass is 35.5. The van der Waals surface area contributed by atoms with Gasteiger partial charge in [0.2, 0.25) is 5.91 Å². The van der Waals surface area contributed by atoms with Gasteiger partial charge in [-0.05, 0) is 31.7 Å². The van der Waals surface area contributed by atoms with Crippen molar-refractivity contribution in [2.75, 3.05) is 13.1 Å². The van der Waals surface area contributed by atoms with E-state index in [1.165, 1.54) is 0 Å². The highest BCUT2D eigenvalue weighted by Crippen LogP contribution is 2.23. The second-order valence-electron chi connectivity index (χ2n) is 4.79. The first-order chi connectivity index (χ1) is 8.26. The van der Waals surface area contributed by atoms with E-state index in [0.717, 1.165) is 38.8 Å². The summed E-state index contributed by atoms with van der Waals surface area (Å²) in [4.78, 5) is 13.9. The molecule has 2 aliphatic heterocycles. The van der Waals surface area contributed by atoms with Crippen molar-refractivity contribution in [3.8, 4) is 18.4 Å². The van der Waals surface area contributed by atoms with Crippen LogP contribution in [0.4, 0.5) is 0 Å². The number of nitrogens with one attached hydrogen (secondary N) is 1. The van der Waals surface area contributed by atoms with Crippen LogP contribution in [-0.2, 0) is 4.79 Å². The van der Waals surface area contributed by atoms with Crippen molar-refractivity contribution < 1.29 is 4.79 Å². The molecule has 0 unspecified atom stereocenters. The molecule has 4 nitrogen and oxygen atoms in total. The fraction of sp³-hybridized carbons (Fsp3) is 0.692. The number of hydrogen-bond donors (Lipinski definition) is 1. The van der Waals surface area contributed by atoms with Gasteiger partial charge in [-0.2, -0.15) is 5.26 Å². The minimum absolute atomic E-state index is 0. The molecule has 98 valence electrons. The van der Waals surface area contributed by atoms with Crippen LogP contribution in [-0.4, -0.2) is 36.0 Å². The molecule has 2 fully saturated rings. The number of carbonyl (C=O) groups is 1. The van der Waals surface area contributed by atoms with Crippen molar-refractivity contribution in [3.05, 3.63) is 0 Å². The SMILES string of the molecule is C#CC[C@@H]1CN[C@H](C(=O)N2CCC[C@H]2C#N)C1.Cl. The minimum atomic E-state index is -0.226. The van der Waals surface area contributed by atoms with Crippen molar-refractivity contribution in [2.24, 2.45) is 5.92 Å². The van der Waals surface area contributed by atoms with Gasteiger partial charge in [-0.1, -0.05) is 0 Å². The van der Waals surface area contributed by atoms with Crippen molar-refractivity contribution in [2.45, 2.75) is 37.8 Å². The van der Waals surface area contributed by atoms with Gasteiger partial charge in [0.05, 0.1) is 12.1 Å². The summed E-state index contributed by atoms with van der Waals surface area (Å²) in [7, 11) is 0. The van der Waals surface area contributed by atoms with Crippen LogP contribution in [0.25, 0.3) is 0 Å². The van der Waals surface area contributed by atoms with Gasteiger partial charge >= 0.3 is 0 Å². The molecule has 3 atom stereocenters. The van der Waals surface area contributed by atoms with E-state index in [0.29, 0.717) is 5.92 Å². The van der Waals surface area contributed by atoms with E-state index < -0.39 is 0 Å². The second-order valence-corrected chi connectivity index (χ2v) is 4.79. The first kappa shape index (κ1) is 14.8. The molecule has 0 bridgehead atoms. The second kappa shape index (κ2) is 6.64. The molecule has 0 aromatic rings. The van der Waals surface area contributed by atoms with Crippen LogP contribution in [0.5, 0.6) is 0 Å². The summed E-state index contributed by atoms with van der Waals surface area (Å²) in [5.74, 6) is 3.12. The zero-order valence-corrected chi connectivity index (χ0v) is 11.1. The smallest absolute Gasteiger partial charge is 0.240 e. The predicted molar refractivity (Wildman–Crippen MR) is 70.9 cm³/mol. The van der Waals surface area contributed by atoms with Crippen LogP contribution < -0.4 is 5.32 Å². The largest absolute Gasteiger partial charge is 0.325 e. The maximum Gasteiger partial charge on any atom is 0.240 e. The molecule has 18 heavy (non-hydrogen) atoms. The van der Waals surface area contributed by atoms with Gasteiger partial charge in [-0.15, -0.1) is 24.8 Å². The summed E-state index contributed by atoms with van der Waals surface area (Å²) < 4.78 is 0. The third-order valence-electron chi connectivity index (χ3n) is 3.61. The molecule has 0 radical (unpaired) electrons. The number of terminal acetylenes is 1. The van der Waals surface area contributed by atoms with Crippen molar-refractivity contribution in [1.82, 2.24) is 10.2 Å². The molecule has 2 aliphatic rings. The Morgan fingerprint density at radius 3 is 3.00 bits per heavy atom. The van der Waals surface area contributed by atoms with Crippen LogP contribution in [0.2, 0.25) is 0 Å². The fourth-order valence-corrected chi connectivity index (χ4v) is 2.68. The number of nitriles is 1. The molecule has 2 saturated heterocycles. The van der Waals surface area contributed by atoms with Gasteiger partial charge in [-0.25, -0.2) is 0 Å². The summed E-state index contributed by atoms with van der Waals surface area (Å²) in [6, 6.07) is 1.84. The standard InChI is InChI=1S/C13H17N3O.ClH/c1-2-4-10-7-12(15-9-10)13(17)16-6-3-5-11(16)8-14;/h1,10-12,15H,3-7,9H2;1H/t10-,11-,12-;/m0./s1. The van der Waals surface area contributed by atoms with E-state index in [-0.39, 0.29) is 30.4 Å². The van der Waals surface area contributed by atoms with Gasteiger partial charge in [-0.3, -0.25) is 4.79 Å². The summed E-state index contributed by atoms with van der Waals surface area (Å²) in [6.07, 6.45) is 8.55. The van der Waals surface area contributed by atoms with Crippen molar-refractivity contribution >= 4 is 18.3 Å². The normalized spacial score (nSPS) is 30.3. The maximum atomic E-state index is 12.2. The minimum Gasteiger partial charge on any atom is -0.325 e. The Labute approximate surface area is 114 Å². The van der Waals surface area contributed by atoms with Crippen molar-refractivity contribution in [1.29, 1.82) is 5.26 Å².